The molecule has 2 rings (SSSR count). The van der Waals surface area contributed by atoms with Gasteiger partial charge in [-0.05, 0) is 80.9 Å². The maximum atomic E-state index is 12.8. The Morgan fingerprint density at radius 1 is 1.03 bits per heavy atom. The van der Waals surface area contributed by atoms with Crippen LogP contribution in [0.1, 0.15) is 54.8 Å². The smallest absolute Gasteiger partial charge is 0.261 e. The van der Waals surface area contributed by atoms with Crippen LogP contribution in [0.3, 0.4) is 0 Å². The van der Waals surface area contributed by atoms with Crippen LogP contribution in [0.2, 0.25) is 0 Å². The lowest BCUT2D eigenvalue weighted by Crippen LogP contribution is -2.34. The average Bonchev–Trinajstić information content (AvgIpc) is 2.68. The van der Waals surface area contributed by atoms with Gasteiger partial charge in [-0.3, -0.25) is 14.9 Å². The molecule has 2 amide bonds. The maximum absolute atomic E-state index is 12.8. The molecule has 0 atom stereocenters. The predicted molar refractivity (Wildman–Crippen MR) is 132 cm³/mol. The summed E-state index contributed by atoms with van der Waals surface area (Å²) in [7, 11) is 0. The number of hydrogen-bond donors (Lipinski definition) is 3. The van der Waals surface area contributed by atoms with E-state index in [-0.39, 0.29) is 23.0 Å². The first kappa shape index (κ1) is 24.8. The molecule has 0 spiro atoms. The average molecular weight is 506 g/mol. The topological polar surface area (TPSA) is 79.5 Å². The number of benzene rings is 2. The van der Waals surface area contributed by atoms with E-state index in [1.165, 1.54) is 0 Å². The van der Waals surface area contributed by atoms with Crippen LogP contribution in [0, 0.1) is 5.92 Å². The van der Waals surface area contributed by atoms with Crippen molar-refractivity contribution in [3.63, 3.8) is 0 Å². The van der Waals surface area contributed by atoms with E-state index >= 15 is 0 Å². The molecule has 0 aromatic heterocycles. The van der Waals surface area contributed by atoms with E-state index in [9.17, 15) is 9.59 Å². The molecular weight excluding hydrogens is 478 g/mol. The van der Waals surface area contributed by atoms with Crippen LogP contribution in [0.15, 0.2) is 46.9 Å². The Kier molecular flexibility index (Phi) is 9.45. The molecule has 2 aromatic carbocycles. The number of carbonyl (C=O) groups excluding carboxylic acids is 2. The Balaban J connectivity index is 2.00. The molecule has 0 radical (unpaired) electrons. The second kappa shape index (κ2) is 11.8. The number of anilines is 1. The van der Waals surface area contributed by atoms with Gasteiger partial charge in [-0.1, -0.05) is 29.8 Å². The van der Waals surface area contributed by atoms with Gasteiger partial charge < -0.3 is 15.4 Å². The predicted octanol–water partition coefficient (Wildman–Crippen LogP) is 5.14. The summed E-state index contributed by atoms with van der Waals surface area (Å²) < 4.78 is 6.57. The summed E-state index contributed by atoms with van der Waals surface area (Å²) in [6.07, 6.45) is 0.891. The van der Waals surface area contributed by atoms with Gasteiger partial charge in [0.15, 0.2) is 5.11 Å². The molecule has 166 valence electrons. The number of hydrogen-bond acceptors (Lipinski definition) is 4. The van der Waals surface area contributed by atoms with Crippen molar-refractivity contribution in [1.82, 2.24) is 10.6 Å². The molecular formula is C23H28BrN3O3S. The number of ether oxygens (including phenoxy) is 1. The number of halogens is 1. The molecule has 0 bridgehead atoms. The van der Waals surface area contributed by atoms with Crippen LogP contribution in [-0.2, 0) is 0 Å². The van der Waals surface area contributed by atoms with Crippen LogP contribution in [0.5, 0.6) is 5.75 Å². The minimum absolute atomic E-state index is 0.0605. The summed E-state index contributed by atoms with van der Waals surface area (Å²) in [6.45, 7) is 8.57. The molecule has 3 N–H and O–H groups in total. The molecule has 31 heavy (non-hydrogen) atoms. The monoisotopic (exact) mass is 505 g/mol. The standard InChI is InChI=1S/C23H28BrN3O3S/c1-14(2)11-12-30-20-10-7-17(24)13-19(20)22(29)27-23(31)26-18-8-5-16(6-9-18)21(28)25-15(3)4/h5-10,13-15H,11-12H2,1-4H3,(H,25,28)(H2,26,27,29,31). The third-order valence-corrected chi connectivity index (χ3v) is 4.89. The molecule has 8 heteroatoms. The fourth-order valence-corrected chi connectivity index (χ4v) is 3.16. The molecule has 0 saturated carbocycles. The molecule has 0 aliphatic carbocycles. The first-order valence-electron chi connectivity index (χ1n) is 10.1. The fourth-order valence-electron chi connectivity index (χ4n) is 2.59. The molecule has 2 aromatic rings. The summed E-state index contributed by atoms with van der Waals surface area (Å²) in [5, 5.41) is 8.62. The van der Waals surface area contributed by atoms with Crippen molar-refractivity contribution in [2.75, 3.05) is 11.9 Å². The normalized spacial score (nSPS) is 10.7. The summed E-state index contributed by atoms with van der Waals surface area (Å²) in [4.78, 5) is 24.8. The van der Waals surface area contributed by atoms with E-state index in [0.29, 0.717) is 35.1 Å². The SMILES string of the molecule is CC(C)CCOc1ccc(Br)cc1C(=O)NC(=S)Nc1ccc(C(=O)NC(C)C)cc1. The molecule has 0 aliphatic heterocycles. The van der Waals surface area contributed by atoms with Crippen molar-refractivity contribution < 1.29 is 14.3 Å². The molecule has 0 unspecified atom stereocenters. The van der Waals surface area contributed by atoms with Gasteiger partial charge in [0.25, 0.3) is 11.8 Å². The minimum Gasteiger partial charge on any atom is -0.493 e. The zero-order chi connectivity index (χ0) is 23.0. The Bertz CT molecular complexity index is 930. The number of nitrogens with one attached hydrogen (secondary N) is 3. The summed E-state index contributed by atoms with van der Waals surface area (Å²) in [6, 6.07) is 12.2. The van der Waals surface area contributed by atoms with Crippen molar-refractivity contribution in [2.45, 2.75) is 40.2 Å². The van der Waals surface area contributed by atoms with Gasteiger partial charge in [0.05, 0.1) is 12.2 Å². The molecule has 0 aliphatic rings. The minimum atomic E-state index is -0.369. The van der Waals surface area contributed by atoms with Crippen molar-refractivity contribution in [3.05, 3.63) is 58.1 Å². The second-order valence-corrected chi connectivity index (χ2v) is 9.11. The van der Waals surface area contributed by atoms with Crippen LogP contribution < -0.4 is 20.7 Å². The van der Waals surface area contributed by atoms with Gasteiger partial charge in [-0.2, -0.15) is 0 Å². The Morgan fingerprint density at radius 3 is 2.32 bits per heavy atom. The number of rotatable bonds is 8. The zero-order valence-electron chi connectivity index (χ0n) is 18.1. The highest BCUT2D eigenvalue weighted by molar-refractivity contribution is 9.10. The van der Waals surface area contributed by atoms with Crippen LogP contribution in [0.4, 0.5) is 5.69 Å². The van der Waals surface area contributed by atoms with E-state index in [0.717, 1.165) is 10.9 Å². The first-order chi connectivity index (χ1) is 14.7. The van der Waals surface area contributed by atoms with Gasteiger partial charge in [-0.15, -0.1) is 0 Å². The van der Waals surface area contributed by atoms with Gasteiger partial charge in [-0.25, -0.2) is 0 Å². The van der Waals surface area contributed by atoms with Crippen LogP contribution in [-0.4, -0.2) is 29.6 Å². The quantitative estimate of drug-likeness (QED) is 0.432. The molecule has 0 fully saturated rings. The van der Waals surface area contributed by atoms with Crippen LogP contribution in [0.25, 0.3) is 0 Å². The number of amides is 2. The third kappa shape index (κ3) is 8.30. The lowest BCUT2D eigenvalue weighted by Gasteiger charge is -2.14. The van der Waals surface area contributed by atoms with Gasteiger partial charge in [0.1, 0.15) is 5.75 Å². The highest BCUT2D eigenvalue weighted by atomic mass is 79.9. The van der Waals surface area contributed by atoms with E-state index < -0.39 is 0 Å². The van der Waals surface area contributed by atoms with Crippen molar-refractivity contribution in [1.29, 1.82) is 0 Å². The number of carbonyl (C=O) groups is 2. The van der Waals surface area contributed by atoms with E-state index in [2.05, 4.69) is 45.7 Å². The van der Waals surface area contributed by atoms with Gasteiger partial charge in [0, 0.05) is 21.8 Å². The van der Waals surface area contributed by atoms with Crippen molar-refractivity contribution >= 4 is 50.8 Å². The fraction of sp³-hybridized carbons (Fsp3) is 0.348. The van der Waals surface area contributed by atoms with E-state index in [1.54, 1.807) is 36.4 Å². The lowest BCUT2D eigenvalue weighted by molar-refractivity contribution is 0.0941. The summed E-state index contributed by atoms with van der Waals surface area (Å²) in [5.41, 5.74) is 1.60. The third-order valence-electron chi connectivity index (χ3n) is 4.19. The summed E-state index contributed by atoms with van der Waals surface area (Å²) in [5.74, 6) is 0.500. The Labute approximate surface area is 197 Å². The Morgan fingerprint density at radius 2 is 1.71 bits per heavy atom. The molecule has 0 heterocycles. The molecule has 0 saturated heterocycles. The van der Waals surface area contributed by atoms with E-state index in [4.69, 9.17) is 17.0 Å². The van der Waals surface area contributed by atoms with Crippen molar-refractivity contribution in [3.8, 4) is 5.75 Å². The molecule has 6 nitrogen and oxygen atoms in total. The maximum Gasteiger partial charge on any atom is 0.261 e. The zero-order valence-corrected chi connectivity index (χ0v) is 20.5. The largest absolute Gasteiger partial charge is 0.493 e. The van der Waals surface area contributed by atoms with Gasteiger partial charge in [0.2, 0.25) is 0 Å². The lowest BCUT2D eigenvalue weighted by atomic mass is 10.1. The summed E-state index contributed by atoms with van der Waals surface area (Å²) >= 11 is 8.67. The highest BCUT2D eigenvalue weighted by Gasteiger charge is 2.15. The van der Waals surface area contributed by atoms with Gasteiger partial charge >= 0.3 is 0 Å². The highest BCUT2D eigenvalue weighted by Crippen LogP contribution is 2.24. The second-order valence-electron chi connectivity index (χ2n) is 7.79. The Hall–Kier alpha value is -2.45. The van der Waals surface area contributed by atoms with E-state index in [1.807, 2.05) is 19.9 Å². The van der Waals surface area contributed by atoms with Crippen molar-refractivity contribution in [2.24, 2.45) is 5.92 Å². The first-order valence-corrected chi connectivity index (χ1v) is 11.3. The number of thiocarbonyl (C=S) groups is 1. The van der Waals surface area contributed by atoms with Crippen LogP contribution >= 0.6 is 28.1 Å².